The van der Waals surface area contributed by atoms with Crippen LogP contribution in [0.1, 0.15) is 26.2 Å². The van der Waals surface area contributed by atoms with Crippen LogP contribution in [0.25, 0.3) is 0 Å². The zero-order chi connectivity index (χ0) is 22.5. The second-order valence-electron chi connectivity index (χ2n) is 7.16. The first kappa shape index (κ1) is 24.5. The maximum Gasteiger partial charge on any atom is 0.270 e. The molecule has 30 heavy (non-hydrogen) atoms. The van der Waals surface area contributed by atoms with E-state index in [1.807, 2.05) is 6.92 Å². The molecule has 0 unspecified atom stereocenters. The maximum absolute atomic E-state index is 13.3. The molecular formula is C17H28N4O7S2. The summed E-state index contributed by atoms with van der Waals surface area (Å²) in [6.07, 6.45) is 2.59. The zero-order valence-corrected chi connectivity index (χ0v) is 18.7. The van der Waals surface area contributed by atoms with Crippen molar-refractivity contribution < 1.29 is 25.9 Å². The van der Waals surface area contributed by atoms with Crippen LogP contribution in [-0.4, -0.2) is 71.1 Å². The van der Waals surface area contributed by atoms with Crippen LogP contribution in [-0.2, 0) is 24.3 Å². The number of nitrogens with two attached hydrogens (primary N) is 1. The Bertz CT molecular complexity index is 958. The molecule has 0 saturated carbocycles. The van der Waals surface area contributed by atoms with E-state index in [1.165, 1.54) is 16.4 Å². The number of benzene rings is 1. The number of rotatable bonds is 10. The van der Waals surface area contributed by atoms with Crippen LogP contribution in [0, 0.1) is 10.1 Å². The Labute approximate surface area is 177 Å². The summed E-state index contributed by atoms with van der Waals surface area (Å²) in [4.78, 5) is 12.1. The Kier molecular flexibility index (Phi) is 8.16. The molecule has 11 nitrogen and oxygen atoms in total. The van der Waals surface area contributed by atoms with E-state index in [9.17, 15) is 26.9 Å². The van der Waals surface area contributed by atoms with E-state index in [2.05, 4.69) is 0 Å². The SMILES string of the molecule is CCCN(CCOS(C)(=O)=O)c1ccc([N+](=O)[O-])cc1S(=O)(=O)N1CCC(N)CC1. The van der Waals surface area contributed by atoms with Crippen molar-refractivity contribution in [3.8, 4) is 0 Å². The normalized spacial score (nSPS) is 16.5. The molecule has 1 heterocycles. The van der Waals surface area contributed by atoms with Crippen molar-refractivity contribution in [1.82, 2.24) is 4.31 Å². The molecule has 0 amide bonds. The lowest BCUT2D eigenvalue weighted by molar-refractivity contribution is -0.385. The summed E-state index contributed by atoms with van der Waals surface area (Å²) in [5.74, 6) is 0. The third kappa shape index (κ3) is 6.35. The minimum atomic E-state index is -4.02. The fourth-order valence-electron chi connectivity index (χ4n) is 3.26. The average molecular weight is 465 g/mol. The zero-order valence-electron chi connectivity index (χ0n) is 17.1. The lowest BCUT2D eigenvalue weighted by Crippen LogP contribution is -2.43. The number of non-ortho nitro benzene ring substituents is 1. The number of piperidine rings is 1. The standard InChI is InChI=1S/C17H28N4O7S2/c1-3-8-19(11-12-28-29(2,24)25)16-5-4-15(21(22)23)13-17(16)30(26,27)20-9-6-14(18)7-10-20/h4-5,13-14H,3,6-12,18H2,1-2H3. The van der Waals surface area contributed by atoms with Crippen molar-refractivity contribution in [2.45, 2.75) is 37.1 Å². The molecule has 1 fully saturated rings. The Balaban J connectivity index is 2.45. The topological polar surface area (TPSA) is 153 Å². The minimum Gasteiger partial charge on any atom is -0.368 e. The smallest absolute Gasteiger partial charge is 0.270 e. The summed E-state index contributed by atoms with van der Waals surface area (Å²) in [7, 11) is -7.67. The van der Waals surface area contributed by atoms with Gasteiger partial charge in [0.2, 0.25) is 10.0 Å². The van der Waals surface area contributed by atoms with Crippen LogP contribution in [0.3, 0.4) is 0 Å². The Morgan fingerprint density at radius 3 is 2.40 bits per heavy atom. The molecule has 1 aliphatic rings. The van der Waals surface area contributed by atoms with Crippen LogP contribution in [0.15, 0.2) is 23.1 Å². The molecule has 2 N–H and O–H groups in total. The van der Waals surface area contributed by atoms with E-state index in [4.69, 9.17) is 9.92 Å². The first-order chi connectivity index (χ1) is 14.0. The van der Waals surface area contributed by atoms with Gasteiger partial charge in [-0.1, -0.05) is 6.92 Å². The quantitative estimate of drug-likeness (QED) is 0.302. The highest BCUT2D eigenvalue weighted by Gasteiger charge is 2.32. The molecule has 0 bridgehead atoms. The number of anilines is 1. The number of nitro groups is 1. The fraction of sp³-hybridized carbons (Fsp3) is 0.647. The highest BCUT2D eigenvalue weighted by molar-refractivity contribution is 7.89. The maximum atomic E-state index is 13.3. The van der Waals surface area contributed by atoms with E-state index in [0.717, 1.165) is 12.3 Å². The number of nitro benzene ring substituents is 1. The van der Waals surface area contributed by atoms with Crippen molar-refractivity contribution in [3.63, 3.8) is 0 Å². The lowest BCUT2D eigenvalue weighted by Gasteiger charge is -2.32. The molecule has 1 saturated heterocycles. The number of hydrogen-bond donors (Lipinski definition) is 1. The van der Waals surface area contributed by atoms with Crippen molar-refractivity contribution in [2.75, 3.05) is 43.9 Å². The van der Waals surface area contributed by atoms with Gasteiger partial charge < -0.3 is 10.6 Å². The van der Waals surface area contributed by atoms with Gasteiger partial charge >= 0.3 is 0 Å². The summed E-state index contributed by atoms with van der Waals surface area (Å²) < 4.78 is 55.3. The highest BCUT2D eigenvalue weighted by atomic mass is 32.2. The second-order valence-corrected chi connectivity index (χ2v) is 10.7. The predicted molar refractivity (Wildman–Crippen MR) is 112 cm³/mol. The van der Waals surface area contributed by atoms with Gasteiger partial charge in [-0.15, -0.1) is 0 Å². The summed E-state index contributed by atoms with van der Waals surface area (Å²) in [6.45, 7) is 2.70. The molecule has 0 radical (unpaired) electrons. The van der Waals surface area contributed by atoms with Gasteiger partial charge in [0.25, 0.3) is 15.8 Å². The average Bonchev–Trinajstić information content (AvgIpc) is 2.66. The third-order valence-corrected chi connectivity index (χ3v) is 7.29. The van der Waals surface area contributed by atoms with Crippen molar-refractivity contribution >= 4 is 31.5 Å². The van der Waals surface area contributed by atoms with Crippen LogP contribution in [0.2, 0.25) is 0 Å². The highest BCUT2D eigenvalue weighted by Crippen LogP contribution is 2.33. The van der Waals surface area contributed by atoms with E-state index in [0.29, 0.717) is 25.8 Å². The van der Waals surface area contributed by atoms with Gasteiger partial charge in [0.1, 0.15) is 4.90 Å². The fourth-order valence-corrected chi connectivity index (χ4v) is 5.34. The van der Waals surface area contributed by atoms with Crippen LogP contribution in [0.4, 0.5) is 11.4 Å². The van der Waals surface area contributed by atoms with Gasteiger partial charge in [-0.25, -0.2) is 8.42 Å². The minimum absolute atomic E-state index is 0.0780. The first-order valence-electron chi connectivity index (χ1n) is 9.59. The summed E-state index contributed by atoms with van der Waals surface area (Å²) in [6, 6.07) is 3.60. The van der Waals surface area contributed by atoms with E-state index < -0.39 is 25.1 Å². The first-order valence-corrected chi connectivity index (χ1v) is 12.8. The molecule has 0 atom stereocenters. The molecule has 0 aliphatic carbocycles. The number of nitrogens with zero attached hydrogens (tertiary/aromatic N) is 3. The van der Waals surface area contributed by atoms with Gasteiger partial charge in [0, 0.05) is 44.4 Å². The lowest BCUT2D eigenvalue weighted by atomic mass is 10.1. The Morgan fingerprint density at radius 2 is 1.87 bits per heavy atom. The van der Waals surface area contributed by atoms with Crippen LogP contribution >= 0.6 is 0 Å². The van der Waals surface area contributed by atoms with Crippen LogP contribution in [0.5, 0.6) is 0 Å². The predicted octanol–water partition coefficient (Wildman–Crippen LogP) is 0.899. The Hall–Kier alpha value is -1.80. The number of hydrogen-bond acceptors (Lipinski definition) is 9. The molecule has 2 rings (SSSR count). The molecule has 170 valence electrons. The van der Waals surface area contributed by atoms with Crippen molar-refractivity contribution in [1.29, 1.82) is 0 Å². The molecule has 1 aromatic rings. The molecule has 1 aromatic carbocycles. The van der Waals surface area contributed by atoms with Gasteiger partial charge in [0.15, 0.2) is 0 Å². The van der Waals surface area contributed by atoms with E-state index >= 15 is 0 Å². The van der Waals surface area contributed by atoms with Gasteiger partial charge in [-0.05, 0) is 25.3 Å². The van der Waals surface area contributed by atoms with Crippen molar-refractivity contribution in [2.24, 2.45) is 5.73 Å². The molecular weight excluding hydrogens is 436 g/mol. The second kappa shape index (κ2) is 10.0. The molecule has 13 heteroatoms. The molecule has 0 spiro atoms. The van der Waals surface area contributed by atoms with Gasteiger partial charge in [0.05, 0.1) is 23.5 Å². The Morgan fingerprint density at radius 1 is 1.23 bits per heavy atom. The monoisotopic (exact) mass is 464 g/mol. The van der Waals surface area contributed by atoms with Crippen molar-refractivity contribution in [3.05, 3.63) is 28.3 Å². The van der Waals surface area contributed by atoms with Gasteiger partial charge in [-0.3, -0.25) is 14.3 Å². The number of sulfonamides is 1. The summed E-state index contributed by atoms with van der Waals surface area (Å²) in [5, 5.41) is 11.3. The molecule has 1 aliphatic heterocycles. The third-order valence-electron chi connectivity index (χ3n) is 4.76. The summed E-state index contributed by atoms with van der Waals surface area (Å²) in [5.41, 5.74) is 5.80. The van der Waals surface area contributed by atoms with E-state index in [1.54, 1.807) is 4.90 Å². The largest absolute Gasteiger partial charge is 0.368 e. The molecule has 0 aromatic heterocycles. The van der Waals surface area contributed by atoms with E-state index in [-0.39, 0.29) is 48.6 Å². The van der Waals surface area contributed by atoms with Crippen LogP contribution < -0.4 is 10.6 Å². The van der Waals surface area contributed by atoms with Gasteiger partial charge in [-0.2, -0.15) is 12.7 Å². The summed E-state index contributed by atoms with van der Waals surface area (Å²) >= 11 is 0.